The zero-order chi connectivity index (χ0) is 11.1. The van der Waals surface area contributed by atoms with Crippen LogP contribution in [-0.2, 0) is 7.05 Å². The molecule has 0 saturated carbocycles. The van der Waals surface area contributed by atoms with Gasteiger partial charge in [0.05, 0.1) is 16.4 Å². The van der Waals surface area contributed by atoms with Gasteiger partial charge in [0.25, 0.3) is 0 Å². The fraction of sp³-hybridized carbons (Fsp3) is 0.0714. The lowest BCUT2D eigenvalue weighted by molar-refractivity contribution is 0.999. The van der Waals surface area contributed by atoms with Gasteiger partial charge in [-0.1, -0.05) is 36.4 Å². The number of rotatable bonds is 0. The van der Waals surface area contributed by atoms with Gasteiger partial charge in [0, 0.05) is 17.8 Å². The Kier molecular flexibility index (Phi) is 3.03. The van der Waals surface area contributed by atoms with Crippen LogP contribution in [0.3, 0.4) is 0 Å². The average molecular weight is 289 g/mol. The third kappa shape index (κ3) is 1.67. The van der Waals surface area contributed by atoms with Crippen LogP contribution < -0.4 is 5.36 Å². The van der Waals surface area contributed by atoms with E-state index in [0.29, 0.717) is 5.36 Å². The summed E-state index contributed by atoms with van der Waals surface area (Å²) in [6.07, 6.45) is 0. The highest BCUT2D eigenvalue weighted by atomic mass is 79.9. The lowest BCUT2D eigenvalue weighted by Gasteiger charge is -2.10. The molecule has 0 aliphatic heterocycles. The summed E-state index contributed by atoms with van der Waals surface area (Å²) in [7, 11) is 2.05. The molecule has 0 bridgehead atoms. The Morgan fingerprint density at radius 2 is 1.24 bits per heavy atom. The Morgan fingerprint density at radius 3 is 1.71 bits per heavy atom. The predicted octanol–water partition coefficient (Wildman–Crippen LogP) is 3.39. The molecule has 2 nitrogen and oxygen atoms in total. The van der Waals surface area contributed by atoms with Gasteiger partial charge in [0.2, 0.25) is 0 Å². The quantitative estimate of drug-likeness (QED) is 0.615. The zero-order valence-electron chi connectivity index (χ0n) is 9.47. The van der Waals surface area contributed by atoms with Crippen molar-refractivity contribution < 1.29 is 0 Å². The van der Waals surface area contributed by atoms with E-state index in [0.717, 1.165) is 21.8 Å². The normalized spacial score (nSPS) is 10.4. The molecule has 0 saturated heterocycles. The Hall–Kier alpha value is -1.61. The molecular weight excluding hydrogens is 276 g/mol. The highest BCUT2D eigenvalue weighted by molar-refractivity contribution is 8.93. The minimum absolute atomic E-state index is 0. The summed E-state index contributed by atoms with van der Waals surface area (Å²) in [5.74, 6) is 0. The first kappa shape index (κ1) is 11.9. The number of benzene rings is 2. The molecule has 0 radical (unpaired) electrons. The molecule has 1 N–H and O–H groups in total. The molecular formula is C14H13BrN2. The minimum Gasteiger partial charge on any atom is -0.344 e. The molecule has 0 aliphatic rings. The van der Waals surface area contributed by atoms with Crippen LogP contribution in [0.5, 0.6) is 0 Å². The number of hydrogen-bond acceptors (Lipinski definition) is 1. The van der Waals surface area contributed by atoms with Gasteiger partial charge in [0.15, 0.2) is 0 Å². The van der Waals surface area contributed by atoms with Crippen molar-refractivity contribution in [3.05, 3.63) is 53.9 Å². The van der Waals surface area contributed by atoms with Crippen LogP contribution in [0.15, 0.2) is 48.5 Å². The number of pyridine rings is 1. The van der Waals surface area contributed by atoms with E-state index in [1.165, 1.54) is 0 Å². The fourth-order valence-electron chi connectivity index (χ4n) is 2.23. The molecule has 0 unspecified atom stereocenters. The highest BCUT2D eigenvalue weighted by Gasteiger charge is 2.04. The zero-order valence-corrected chi connectivity index (χ0v) is 11.2. The number of nitrogens with one attached hydrogen (secondary N) is 1. The van der Waals surface area contributed by atoms with Crippen LogP contribution in [0.4, 0.5) is 0 Å². The Balaban J connectivity index is 0.00000108. The van der Waals surface area contributed by atoms with Crippen LogP contribution >= 0.6 is 17.0 Å². The smallest absolute Gasteiger partial charge is 0.0726 e. The number of halogens is 1. The number of aromatic nitrogens is 1. The van der Waals surface area contributed by atoms with Gasteiger partial charge in [-0.05, 0) is 12.1 Å². The van der Waals surface area contributed by atoms with Gasteiger partial charge < -0.3 is 4.57 Å². The molecule has 1 heterocycles. The van der Waals surface area contributed by atoms with Crippen molar-refractivity contribution in [3.63, 3.8) is 0 Å². The molecule has 1 aromatic heterocycles. The van der Waals surface area contributed by atoms with Gasteiger partial charge in [-0.2, -0.15) is 0 Å². The second-order valence-corrected chi connectivity index (χ2v) is 3.97. The summed E-state index contributed by atoms with van der Waals surface area (Å²) in [5, 5.41) is 10.8. The number of aryl methyl sites for hydroxylation is 1. The third-order valence-corrected chi connectivity index (χ3v) is 3.07. The Bertz CT molecular complexity index is 684. The number of para-hydroxylation sites is 2. The van der Waals surface area contributed by atoms with Gasteiger partial charge in [-0.3, -0.25) is 5.41 Å². The van der Waals surface area contributed by atoms with E-state index < -0.39 is 0 Å². The van der Waals surface area contributed by atoms with E-state index in [9.17, 15) is 0 Å². The second-order valence-electron chi connectivity index (χ2n) is 3.97. The number of hydrogen-bond donors (Lipinski definition) is 1. The van der Waals surface area contributed by atoms with Gasteiger partial charge in [-0.15, -0.1) is 17.0 Å². The van der Waals surface area contributed by atoms with Gasteiger partial charge >= 0.3 is 0 Å². The van der Waals surface area contributed by atoms with Crippen molar-refractivity contribution in [1.82, 2.24) is 4.57 Å². The summed E-state index contributed by atoms with van der Waals surface area (Å²) in [6.45, 7) is 0. The second kappa shape index (κ2) is 4.34. The minimum atomic E-state index is 0. The Morgan fingerprint density at radius 1 is 0.824 bits per heavy atom. The van der Waals surface area contributed by atoms with Crippen LogP contribution in [0.2, 0.25) is 0 Å². The van der Waals surface area contributed by atoms with E-state index in [1.54, 1.807) is 0 Å². The average Bonchev–Trinajstić information content (AvgIpc) is 2.36. The monoisotopic (exact) mass is 288 g/mol. The molecule has 17 heavy (non-hydrogen) atoms. The molecule has 3 heteroatoms. The first-order valence-electron chi connectivity index (χ1n) is 5.30. The van der Waals surface area contributed by atoms with E-state index in [-0.39, 0.29) is 17.0 Å². The first-order valence-corrected chi connectivity index (χ1v) is 5.30. The molecule has 2 aromatic carbocycles. The van der Waals surface area contributed by atoms with E-state index in [4.69, 9.17) is 5.41 Å². The van der Waals surface area contributed by atoms with E-state index in [2.05, 4.69) is 16.7 Å². The van der Waals surface area contributed by atoms with Crippen molar-refractivity contribution in [2.75, 3.05) is 0 Å². The van der Waals surface area contributed by atoms with Gasteiger partial charge in [-0.25, -0.2) is 0 Å². The molecule has 0 amide bonds. The maximum absolute atomic E-state index is 8.22. The van der Waals surface area contributed by atoms with Crippen LogP contribution in [0.25, 0.3) is 21.8 Å². The topological polar surface area (TPSA) is 28.8 Å². The van der Waals surface area contributed by atoms with E-state index >= 15 is 0 Å². The molecule has 0 aliphatic carbocycles. The largest absolute Gasteiger partial charge is 0.344 e. The summed E-state index contributed by atoms with van der Waals surface area (Å²) >= 11 is 0. The van der Waals surface area contributed by atoms with Crippen molar-refractivity contribution in [2.24, 2.45) is 7.05 Å². The standard InChI is InChI=1S/C14H12N2.BrH/c1-16-12-8-4-2-6-10(12)14(15)11-7-3-5-9-13(11)16;/h2-9,15H,1H3;1H. The molecule has 86 valence electrons. The maximum atomic E-state index is 8.22. The molecule has 0 fully saturated rings. The summed E-state index contributed by atoms with van der Waals surface area (Å²) in [5.41, 5.74) is 2.21. The lowest BCUT2D eigenvalue weighted by atomic mass is 10.1. The molecule has 0 spiro atoms. The van der Waals surface area contributed by atoms with Crippen LogP contribution in [0.1, 0.15) is 0 Å². The fourth-order valence-corrected chi connectivity index (χ4v) is 2.23. The summed E-state index contributed by atoms with van der Waals surface area (Å²) < 4.78 is 2.14. The summed E-state index contributed by atoms with van der Waals surface area (Å²) in [4.78, 5) is 0. The first-order chi connectivity index (χ1) is 7.79. The SMILES string of the molecule is Br.Cn1c2ccccc2c(=N)c2ccccc21. The highest BCUT2D eigenvalue weighted by Crippen LogP contribution is 2.16. The number of nitrogens with zero attached hydrogens (tertiary/aromatic N) is 1. The Labute approximate surface area is 110 Å². The van der Waals surface area contributed by atoms with Gasteiger partial charge in [0.1, 0.15) is 0 Å². The van der Waals surface area contributed by atoms with Crippen LogP contribution in [-0.4, -0.2) is 4.57 Å². The number of fused-ring (bicyclic) bond motifs is 2. The maximum Gasteiger partial charge on any atom is 0.0726 e. The van der Waals surface area contributed by atoms with E-state index in [1.807, 2.05) is 43.4 Å². The molecule has 3 rings (SSSR count). The van der Waals surface area contributed by atoms with Crippen molar-refractivity contribution in [2.45, 2.75) is 0 Å². The molecule has 3 aromatic rings. The lowest BCUT2D eigenvalue weighted by Crippen LogP contribution is -2.08. The molecule has 0 atom stereocenters. The third-order valence-electron chi connectivity index (χ3n) is 3.07. The van der Waals surface area contributed by atoms with Crippen molar-refractivity contribution in [1.29, 1.82) is 5.41 Å². The van der Waals surface area contributed by atoms with Crippen molar-refractivity contribution >= 4 is 38.8 Å². The van der Waals surface area contributed by atoms with Crippen LogP contribution in [0, 0.1) is 5.41 Å². The predicted molar refractivity (Wildman–Crippen MR) is 76.6 cm³/mol. The van der Waals surface area contributed by atoms with Crippen molar-refractivity contribution in [3.8, 4) is 0 Å². The summed E-state index contributed by atoms with van der Waals surface area (Å²) in [6, 6.07) is 16.1.